The second kappa shape index (κ2) is 18.8. The lowest BCUT2D eigenvalue weighted by Crippen LogP contribution is -2.20. The lowest BCUT2D eigenvalue weighted by atomic mass is 9.77. The molecule has 3 heteroatoms. The SMILES string of the molecule is CCCCCCCCCCCCCCCCCCOC(=O)C(C)Cc1cc(C(C)(C)C)c(O)c(C(C)(C)C)c1. The van der Waals surface area contributed by atoms with E-state index in [4.69, 9.17) is 4.74 Å². The third kappa shape index (κ3) is 15.2. The van der Waals surface area contributed by atoms with Gasteiger partial charge >= 0.3 is 5.97 Å². The minimum absolute atomic E-state index is 0.112. The fourth-order valence-corrected chi connectivity index (χ4v) is 5.36. The first kappa shape index (κ1) is 35.5. The number of phenolic OH excluding ortho intramolecular Hbond substituents is 1. The molecule has 0 aliphatic rings. The molecule has 3 nitrogen and oxygen atoms in total. The van der Waals surface area contributed by atoms with Gasteiger partial charge in [0.25, 0.3) is 0 Å². The van der Waals surface area contributed by atoms with Crippen LogP contribution in [0.3, 0.4) is 0 Å². The number of unbranched alkanes of at least 4 members (excludes halogenated alkanes) is 15. The number of carbonyl (C=O) groups excluding carboxylic acids is 1. The van der Waals surface area contributed by atoms with Gasteiger partial charge in [-0.25, -0.2) is 0 Å². The number of carbonyl (C=O) groups is 1. The molecule has 0 bridgehead atoms. The van der Waals surface area contributed by atoms with Crippen LogP contribution in [-0.2, 0) is 26.8 Å². The van der Waals surface area contributed by atoms with Crippen molar-refractivity contribution in [3.63, 3.8) is 0 Å². The standard InChI is InChI=1S/C36H64O3/c1-9-10-11-12-13-14-15-16-17-18-19-20-21-22-23-24-25-39-34(38)29(2)26-30-27-31(35(3,4)5)33(37)32(28-30)36(6,7)8/h27-29,37H,9-26H2,1-8H3. The molecule has 0 fully saturated rings. The average molecular weight is 545 g/mol. The predicted octanol–water partition coefficient (Wildman–Crippen LogP) is 11.0. The topological polar surface area (TPSA) is 46.5 Å². The molecule has 1 N–H and O–H groups in total. The summed E-state index contributed by atoms with van der Waals surface area (Å²) in [6.45, 7) is 17.5. The molecule has 0 radical (unpaired) electrons. The van der Waals surface area contributed by atoms with Crippen molar-refractivity contribution in [2.45, 2.75) is 175 Å². The fourth-order valence-electron chi connectivity index (χ4n) is 5.36. The highest BCUT2D eigenvalue weighted by Gasteiger charge is 2.27. The summed E-state index contributed by atoms with van der Waals surface area (Å²) in [5, 5.41) is 11.0. The highest BCUT2D eigenvalue weighted by molar-refractivity contribution is 5.72. The van der Waals surface area contributed by atoms with Gasteiger partial charge < -0.3 is 9.84 Å². The third-order valence-corrected chi connectivity index (χ3v) is 7.97. The molecule has 0 heterocycles. The van der Waals surface area contributed by atoms with Crippen LogP contribution in [0.5, 0.6) is 5.75 Å². The monoisotopic (exact) mass is 544 g/mol. The molecule has 0 aromatic heterocycles. The number of hydrogen-bond donors (Lipinski definition) is 1. The maximum absolute atomic E-state index is 12.7. The van der Waals surface area contributed by atoms with E-state index in [9.17, 15) is 9.90 Å². The summed E-state index contributed by atoms with van der Waals surface area (Å²) in [5.74, 6) is 0.0763. The van der Waals surface area contributed by atoms with Gasteiger partial charge in [-0.1, -0.05) is 164 Å². The summed E-state index contributed by atoms with van der Waals surface area (Å²) >= 11 is 0. The summed E-state index contributed by atoms with van der Waals surface area (Å²) in [7, 11) is 0. The number of phenols is 1. The summed E-state index contributed by atoms with van der Waals surface area (Å²) in [4.78, 5) is 12.7. The number of ether oxygens (including phenoxy) is 1. The van der Waals surface area contributed by atoms with Gasteiger partial charge in [0.1, 0.15) is 5.75 Å². The minimum Gasteiger partial charge on any atom is -0.507 e. The molecule has 1 rings (SSSR count). The molecule has 1 aromatic carbocycles. The molecule has 0 aliphatic carbocycles. The van der Waals surface area contributed by atoms with Crippen molar-refractivity contribution < 1.29 is 14.6 Å². The predicted molar refractivity (Wildman–Crippen MR) is 169 cm³/mol. The molecule has 0 aliphatic heterocycles. The normalized spacial score (nSPS) is 13.0. The van der Waals surface area contributed by atoms with E-state index in [1.807, 2.05) is 6.92 Å². The van der Waals surface area contributed by atoms with Crippen molar-refractivity contribution in [3.05, 3.63) is 28.8 Å². The second-order valence-electron chi connectivity index (χ2n) is 14.1. The molecule has 0 spiro atoms. The molecule has 0 saturated carbocycles. The highest BCUT2D eigenvalue weighted by Crippen LogP contribution is 2.40. The Hall–Kier alpha value is -1.51. The van der Waals surface area contributed by atoms with E-state index in [0.717, 1.165) is 29.5 Å². The van der Waals surface area contributed by atoms with Gasteiger partial charge in [-0.15, -0.1) is 0 Å². The maximum Gasteiger partial charge on any atom is 0.308 e. The van der Waals surface area contributed by atoms with Crippen LogP contribution in [0.4, 0.5) is 0 Å². The van der Waals surface area contributed by atoms with Crippen molar-refractivity contribution in [1.29, 1.82) is 0 Å². The van der Waals surface area contributed by atoms with Crippen LogP contribution in [0.25, 0.3) is 0 Å². The molecule has 1 aromatic rings. The van der Waals surface area contributed by atoms with Crippen LogP contribution in [0.2, 0.25) is 0 Å². The third-order valence-electron chi connectivity index (χ3n) is 7.97. The van der Waals surface area contributed by atoms with E-state index in [-0.39, 0.29) is 22.7 Å². The smallest absolute Gasteiger partial charge is 0.308 e. The first-order valence-electron chi connectivity index (χ1n) is 16.4. The lowest BCUT2D eigenvalue weighted by Gasteiger charge is -2.28. The molecule has 0 amide bonds. The molecule has 1 atom stereocenters. The Bertz CT molecular complexity index is 761. The molecule has 0 saturated heterocycles. The van der Waals surface area contributed by atoms with Crippen LogP contribution in [0.15, 0.2) is 12.1 Å². The molecule has 1 unspecified atom stereocenters. The summed E-state index contributed by atoms with van der Waals surface area (Å²) in [5.41, 5.74) is 2.64. The summed E-state index contributed by atoms with van der Waals surface area (Å²) < 4.78 is 5.63. The van der Waals surface area contributed by atoms with E-state index >= 15 is 0 Å². The maximum atomic E-state index is 12.7. The Balaban J connectivity index is 2.21. The van der Waals surface area contributed by atoms with Crippen molar-refractivity contribution in [3.8, 4) is 5.75 Å². The van der Waals surface area contributed by atoms with E-state index in [1.54, 1.807) is 0 Å². The zero-order valence-electron chi connectivity index (χ0n) is 27.2. The van der Waals surface area contributed by atoms with Crippen LogP contribution in [-0.4, -0.2) is 17.7 Å². The number of esters is 1. The average Bonchev–Trinajstić information content (AvgIpc) is 2.85. The van der Waals surface area contributed by atoms with Gasteiger partial charge in [-0.3, -0.25) is 4.79 Å². The molecular weight excluding hydrogens is 480 g/mol. The van der Waals surface area contributed by atoms with Crippen molar-refractivity contribution in [1.82, 2.24) is 0 Å². The Morgan fingerprint density at radius 2 is 1.05 bits per heavy atom. The van der Waals surface area contributed by atoms with E-state index < -0.39 is 0 Å². The van der Waals surface area contributed by atoms with E-state index in [1.165, 1.54) is 89.9 Å². The zero-order chi connectivity index (χ0) is 29.3. The number of rotatable bonds is 20. The van der Waals surface area contributed by atoms with Gasteiger partial charge in [0, 0.05) is 0 Å². The van der Waals surface area contributed by atoms with Crippen molar-refractivity contribution in [2.75, 3.05) is 6.61 Å². The largest absolute Gasteiger partial charge is 0.507 e. The van der Waals surface area contributed by atoms with Gasteiger partial charge in [-0.2, -0.15) is 0 Å². The Morgan fingerprint density at radius 1 is 0.692 bits per heavy atom. The second-order valence-corrected chi connectivity index (χ2v) is 14.1. The first-order valence-corrected chi connectivity index (χ1v) is 16.4. The van der Waals surface area contributed by atoms with Crippen molar-refractivity contribution >= 4 is 5.97 Å². The fraction of sp³-hybridized carbons (Fsp3) is 0.806. The molecular formula is C36H64O3. The van der Waals surface area contributed by atoms with Crippen LogP contribution in [0, 0.1) is 5.92 Å². The summed E-state index contributed by atoms with van der Waals surface area (Å²) in [6, 6.07) is 4.15. The van der Waals surface area contributed by atoms with Crippen LogP contribution < -0.4 is 0 Å². The number of benzene rings is 1. The quantitative estimate of drug-likeness (QED) is 0.131. The van der Waals surface area contributed by atoms with Gasteiger partial charge in [0.2, 0.25) is 0 Å². The first-order chi connectivity index (χ1) is 18.4. The lowest BCUT2D eigenvalue weighted by molar-refractivity contribution is -0.148. The molecule has 226 valence electrons. The van der Waals surface area contributed by atoms with Gasteiger partial charge in [0.05, 0.1) is 12.5 Å². The van der Waals surface area contributed by atoms with E-state index in [0.29, 0.717) is 18.8 Å². The Morgan fingerprint density at radius 3 is 1.41 bits per heavy atom. The van der Waals surface area contributed by atoms with Gasteiger partial charge in [-0.05, 0) is 40.4 Å². The summed E-state index contributed by atoms with van der Waals surface area (Å²) in [6.07, 6.45) is 22.1. The van der Waals surface area contributed by atoms with Crippen LogP contribution in [0.1, 0.15) is 175 Å². The Labute approximate surface area is 242 Å². The zero-order valence-corrected chi connectivity index (χ0v) is 27.2. The van der Waals surface area contributed by atoms with Crippen LogP contribution >= 0.6 is 0 Å². The number of hydrogen-bond acceptors (Lipinski definition) is 3. The van der Waals surface area contributed by atoms with Crippen molar-refractivity contribution in [2.24, 2.45) is 5.92 Å². The highest BCUT2D eigenvalue weighted by atomic mass is 16.5. The minimum atomic E-state index is -0.198. The molecule has 39 heavy (non-hydrogen) atoms. The van der Waals surface area contributed by atoms with Gasteiger partial charge in [0.15, 0.2) is 0 Å². The van der Waals surface area contributed by atoms with E-state index in [2.05, 4.69) is 60.6 Å². The number of aromatic hydroxyl groups is 1. The Kier molecular flexibility index (Phi) is 17.1.